The monoisotopic (exact) mass is 431 g/mol. The molecule has 7 nitrogen and oxygen atoms in total. The lowest BCUT2D eigenvalue weighted by Crippen LogP contribution is -2.41. The highest BCUT2D eigenvalue weighted by Crippen LogP contribution is 2.27. The summed E-state index contributed by atoms with van der Waals surface area (Å²) in [5.41, 5.74) is 1.78. The molecular weight excluding hydrogens is 410 g/mol. The molecule has 2 aromatic carbocycles. The number of anilines is 1. The standard InChI is InChI=1S/C20H21N3O4S2/c1-2-14-7-8-15(13-18(14)29(25,26)23-9-11-27-12-10-23)19(24)22-20-21-16-5-3-4-6-17(16)28-20/h3-8,13H,2,9-12H2,1H3,(H,21,22,24). The zero-order valence-electron chi connectivity index (χ0n) is 15.9. The van der Waals surface area contributed by atoms with Gasteiger partial charge in [-0.3, -0.25) is 10.1 Å². The number of hydrogen-bond donors (Lipinski definition) is 1. The van der Waals surface area contributed by atoms with E-state index < -0.39 is 10.0 Å². The Bertz CT molecular complexity index is 1120. The number of nitrogens with one attached hydrogen (secondary N) is 1. The maximum atomic E-state index is 13.1. The summed E-state index contributed by atoms with van der Waals surface area (Å²) in [4.78, 5) is 17.4. The third kappa shape index (κ3) is 4.04. The van der Waals surface area contributed by atoms with Crippen molar-refractivity contribution in [2.45, 2.75) is 18.2 Å². The van der Waals surface area contributed by atoms with Crippen molar-refractivity contribution in [1.82, 2.24) is 9.29 Å². The molecule has 0 atom stereocenters. The molecule has 2 heterocycles. The van der Waals surface area contributed by atoms with E-state index in [1.165, 1.54) is 21.7 Å². The van der Waals surface area contributed by atoms with Gasteiger partial charge in [-0.25, -0.2) is 13.4 Å². The number of thiazole rings is 1. The Hall–Kier alpha value is -2.33. The van der Waals surface area contributed by atoms with Crippen LogP contribution in [0.25, 0.3) is 10.2 Å². The van der Waals surface area contributed by atoms with Crippen LogP contribution in [-0.2, 0) is 21.2 Å². The summed E-state index contributed by atoms with van der Waals surface area (Å²) < 4.78 is 33.9. The minimum Gasteiger partial charge on any atom is -0.379 e. The number of para-hydroxylation sites is 1. The molecule has 1 aromatic heterocycles. The molecule has 0 spiro atoms. The Morgan fingerprint density at radius 2 is 1.97 bits per heavy atom. The first-order chi connectivity index (χ1) is 14.0. The Morgan fingerprint density at radius 1 is 1.21 bits per heavy atom. The van der Waals surface area contributed by atoms with Gasteiger partial charge in [-0.2, -0.15) is 4.31 Å². The van der Waals surface area contributed by atoms with Crippen molar-refractivity contribution in [3.05, 3.63) is 53.6 Å². The Balaban J connectivity index is 1.64. The van der Waals surface area contributed by atoms with Gasteiger partial charge in [0.05, 0.1) is 28.3 Å². The third-order valence-electron chi connectivity index (χ3n) is 4.81. The number of carbonyl (C=O) groups is 1. The summed E-state index contributed by atoms with van der Waals surface area (Å²) >= 11 is 1.38. The number of benzene rings is 2. The highest BCUT2D eigenvalue weighted by molar-refractivity contribution is 7.89. The van der Waals surface area contributed by atoms with Gasteiger partial charge >= 0.3 is 0 Å². The summed E-state index contributed by atoms with van der Waals surface area (Å²) in [5.74, 6) is -0.384. The van der Waals surface area contributed by atoms with Gasteiger partial charge in [0.1, 0.15) is 0 Å². The van der Waals surface area contributed by atoms with E-state index in [4.69, 9.17) is 4.74 Å². The lowest BCUT2D eigenvalue weighted by molar-refractivity contribution is 0.0730. The first kappa shape index (κ1) is 20.0. The van der Waals surface area contributed by atoms with E-state index in [0.29, 0.717) is 43.4 Å². The molecule has 0 bridgehead atoms. The van der Waals surface area contributed by atoms with Gasteiger partial charge in [0, 0.05) is 18.7 Å². The summed E-state index contributed by atoms with van der Waals surface area (Å²) in [7, 11) is -3.69. The SMILES string of the molecule is CCc1ccc(C(=O)Nc2nc3ccccc3s2)cc1S(=O)(=O)N1CCOCC1. The number of hydrogen-bond acceptors (Lipinski definition) is 6. The van der Waals surface area contributed by atoms with Crippen LogP contribution < -0.4 is 5.32 Å². The van der Waals surface area contributed by atoms with Gasteiger partial charge in [-0.15, -0.1) is 0 Å². The van der Waals surface area contributed by atoms with E-state index in [-0.39, 0.29) is 16.4 Å². The van der Waals surface area contributed by atoms with Crippen LogP contribution in [0.4, 0.5) is 5.13 Å². The molecule has 152 valence electrons. The number of amides is 1. The second kappa shape index (κ2) is 8.19. The molecule has 4 rings (SSSR count). The number of ether oxygens (including phenoxy) is 1. The maximum absolute atomic E-state index is 13.1. The topological polar surface area (TPSA) is 88.6 Å². The molecule has 9 heteroatoms. The van der Waals surface area contributed by atoms with Crippen molar-refractivity contribution in [1.29, 1.82) is 0 Å². The predicted molar refractivity (Wildman–Crippen MR) is 113 cm³/mol. The molecule has 0 radical (unpaired) electrons. The fourth-order valence-corrected chi connectivity index (χ4v) is 5.84. The van der Waals surface area contributed by atoms with E-state index in [1.54, 1.807) is 12.1 Å². The molecule has 0 aliphatic carbocycles. The van der Waals surface area contributed by atoms with Gasteiger partial charge in [-0.05, 0) is 36.2 Å². The van der Waals surface area contributed by atoms with Crippen LogP contribution in [0.3, 0.4) is 0 Å². The molecule has 1 saturated heterocycles. The molecule has 3 aromatic rings. The van der Waals surface area contributed by atoms with Crippen molar-refractivity contribution >= 4 is 42.6 Å². The van der Waals surface area contributed by atoms with Crippen LogP contribution in [0.5, 0.6) is 0 Å². The van der Waals surface area contributed by atoms with Crippen LogP contribution >= 0.6 is 11.3 Å². The Labute approximate surface area is 173 Å². The largest absolute Gasteiger partial charge is 0.379 e. The zero-order valence-corrected chi connectivity index (χ0v) is 17.6. The Morgan fingerprint density at radius 3 is 2.69 bits per heavy atom. The number of aryl methyl sites for hydroxylation is 1. The van der Waals surface area contributed by atoms with Crippen LogP contribution in [0.2, 0.25) is 0 Å². The second-order valence-electron chi connectivity index (χ2n) is 6.63. The minimum atomic E-state index is -3.69. The van der Waals surface area contributed by atoms with Gasteiger partial charge in [-0.1, -0.05) is 36.5 Å². The number of nitrogens with zero attached hydrogens (tertiary/aromatic N) is 2. The molecule has 1 N–H and O–H groups in total. The van der Waals surface area contributed by atoms with E-state index in [0.717, 1.165) is 10.2 Å². The predicted octanol–water partition coefficient (Wildman–Crippen LogP) is 3.13. The van der Waals surface area contributed by atoms with Gasteiger partial charge in [0.25, 0.3) is 5.91 Å². The smallest absolute Gasteiger partial charge is 0.257 e. The fourth-order valence-electron chi connectivity index (χ4n) is 3.25. The molecule has 29 heavy (non-hydrogen) atoms. The zero-order chi connectivity index (χ0) is 20.4. The molecule has 1 fully saturated rings. The average Bonchev–Trinajstić information content (AvgIpc) is 3.16. The fraction of sp³-hybridized carbons (Fsp3) is 0.300. The lowest BCUT2D eigenvalue weighted by atomic mass is 10.1. The highest BCUT2D eigenvalue weighted by atomic mass is 32.2. The summed E-state index contributed by atoms with van der Waals surface area (Å²) in [6, 6.07) is 12.4. The minimum absolute atomic E-state index is 0.179. The van der Waals surface area contributed by atoms with Crippen LogP contribution in [-0.4, -0.2) is 49.9 Å². The third-order valence-corrected chi connectivity index (χ3v) is 7.75. The number of fused-ring (bicyclic) bond motifs is 1. The number of aromatic nitrogens is 1. The van der Waals surface area contributed by atoms with Crippen molar-refractivity contribution < 1.29 is 17.9 Å². The summed E-state index contributed by atoms with van der Waals surface area (Å²) in [6.07, 6.45) is 0.554. The number of carbonyl (C=O) groups excluding carboxylic acids is 1. The van der Waals surface area contributed by atoms with Crippen molar-refractivity contribution in [2.75, 3.05) is 31.6 Å². The lowest BCUT2D eigenvalue weighted by Gasteiger charge is -2.27. The first-order valence-electron chi connectivity index (χ1n) is 9.37. The van der Waals surface area contributed by atoms with E-state index in [9.17, 15) is 13.2 Å². The van der Waals surface area contributed by atoms with Crippen molar-refractivity contribution in [3.63, 3.8) is 0 Å². The first-order valence-corrected chi connectivity index (χ1v) is 11.6. The molecule has 0 unspecified atom stereocenters. The highest BCUT2D eigenvalue weighted by Gasteiger charge is 2.29. The maximum Gasteiger partial charge on any atom is 0.257 e. The van der Waals surface area contributed by atoms with E-state index in [1.807, 2.05) is 31.2 Å². The van der Waals surface area contributed by atoms with Gasteiger partial charge in [0.2, 0.25) is 10.0 Å². The molecule has 0 saturated carbocycles. The molecule has 1 aliphatic rings. The molecular formula is C20H21N3O4S2. The summed E-state index contributed by atoms with van der Waals surface area (Å²) in [5, 5.41) is 3.26. The number of sulfonamides is 1. The van der Waals surface area contributed by atoms with E-state index in [2.05, 4.69) is 10.3 Å². The number of rotatable bonds is 5. The van der Waals surface area contributed by atoms with Crippen LogP contribution in [0.15, 0.2) is 47.4 Å². The van der Waals surface area contributed by atoms with Gasteiger partial charge in [0.15, 0.2) is 5.13 Å². The van der Waals surface area contributed by atoms with Crippen LogP contribution in [0, 0.1) is 0 Å². The molecule has 1 amide bonds. The van der Waals surface area contributed by atoms with Crippen molar-refractivity contribution in [3.8, 4) is 0 Å². The second-order valence-corrected chi connectivity index (χ2v) is 9.57. The normalized spacial score (nSPS) is 15.5. The van der Waals surface area contributed by atoms with Crippen LogP contribution in [0.1, 0.15) is 22.8 Å². The van der Waals surface area contributed by atoms with Crippen molar-refractivity contribution in [2.24, 2.45) is 0 Å². The Kier molecular flexibility index (Phi) is 5.64. The van der Waals surface area contributed by atoms with E-state index >= 15 is 0 Å². The van der Waals surface area contributed by atoms with Gasteiger partial charge < -0.3 is 4.74 Å². The summed E-state index contributed by atoms with van der Waals surface area (Å²) in [6.45, 7) is 3.27. The quantitative estimate of drug-likeness (QED) is 0.671. The molecule has 1 aliphatic heterocycles. The average molecular weight is 432 g/mol. The number of morpholine rings is 1.